The first-order chi connectivity index (χ1) is 7.94. The zero-order chi connectivity index (χ0) is 12.6. The first kappa shape index (κ1) is 12.4. The van der Waals surface area contributed by atoms with Gasteiger partial charge in [-0.15, -0.1) is 0 Å². The van der Waals surface area contributed by atoms with Crippen LogP contribution in [0.2, 0.25) is 0 Å². The van der Waals surface area contributed by atoms with Gasteiger partial charge in [-0.3, -0.25) is 9.59 Å². The van der Waals surface area contributed by atoms with Gasteiger partial charge in [0.05, 0.1) is 5.92 Å². The van der Waals surface area contributed by atoms with E-state index in [0.717, 1.165) is 25.7 Å². The first-order valence-corrected chi connectivity index (χ1v) is 6.46. The third-order valence-corrected chi connectivity index (χ3v) is 4.44. The Kier molecular flexibility index (Phi) is 3.15. The lowest BCUT2D eigenvalue weighted by Crippen LogP contribution is -2.40. The van der Waals surface area contributed by atoms with Crippen molar-refractivity contribution in [2.45, 2.75) is 39.5 Å². The second-order valence-corrected chi connectivity index (χ2v) is 5.90. The summed E-state index contributed by atoms with van der Waals surface area (Å²) >= 11 is 0. The van der Waals surface area contributed by atoms with Crippen molar-refractivity contribution in [3.8, 4) is 0 Å². The molecular formula is C13H21NO3. The number of rotatable bonds is 2. The summed E-state index contributed by atoms with van der Waals surface area (Å²) in [5.74, 6) is -0.916. The van der Waals surface area contributed by atoms with E-state index >= 15 is 0 Å². The summed E-state index contributed by atoms with van der Waals surface area (Å²) in [5, 5.41) is 9.07. The van der Waals surface area contributed by atoms with Crippen molar-refractivity contribution in [2.24, 2.45) is 17.3 Å². The van der Waals surface area contributed by atoms with E-state index in [-0.39, 0.29) is 23.2 Å². The number of aliphatic carboxylic acids is 1. The molecule has 0 aromatic rings. The molecule has 96 valence electrons. The van der Waals surface area contributed by atoms with Gasteiger partial charge < -0.3 is 10.0 Å². The molecule has 4 nitrogen and oxygen atoms in total. The molecule has 1 N–H and O–H groups in total. The minimum atomic E-state index is -0.774. The molecule has 0 aromatic carbocycles. The lowest BCUT2D eigenvalue weighted by molar-refractivity contribution is -0.143. The van der Waals surface area contributed by atoms with E-state index in [9.17, 15) is 9.59 Å². The fraction of sp³-hybridized carbons (Fsp3) is 0.846. The van der Waals surface area contributed by atoms with Crippen LogP contribution in [-0.4, -0.2) is 35.0 Å². The van der Waals surface area contributed by atoms with Crippen LogP contribution in [0.5, 0.6) is 0 Å². The van der Waals surface area contributed by atoms with Gasteiger partial charge in [0, 0.05) is 18.5 Å². The molecule has 0 spiro atoms. The molecule has 2 atom stereocenters. The quantitative estimate of drug-likeness (QED) is 0.798. The van der Waals surface area contributed by atoms with Crippen molar-refractivity contribution in [1.29, 1.82) is 0 Å². The van der Waals surface area contributed by atoms with E-state index in [4.69, 9.17) is 5.11 Å². The van der Waals surface area contributed by atoms with Gasteiger partial charge >= 0.3 is 5.97 Å². The van der Waals surface area contributed by atoms with Crippen molar-refractivity contribution in [1.82, 2.24) is 4.90 Å². The highest BCUT2D eigenvalue weighted by Crippen LogP contribution is 2.40. The van der Waals surface area contributed by atoms with Crippen LogP contribution in [0.4, 0.5) is 0 Å². The predicted molar refractivity (Wildman–Crippen MR) is 63.4 cm³/mol. The van der Waals surface area contributed by atoms with Crippen LogP contribution in [0.1, 0.15) is 39.5 Å². The van der Waals surface area contributed by atoms with Crippen LogP contribution in [0.3, 0.4) is 0 Å². The van der Waals surface area contributed by atoms with E-state index in [0.29, 0.717) is 13.1 Å². The molecule has 0 aromatic heterocycles. The third kappa shape index (κ3) is 2.17. The van der Waals surface area contributed by atoms with Gasteiger partial charge in [-0.2, -0.15) is 0 Å². The molecule has 0 bridgehead atoms. The van der Waals surface area contributed by atoms with Gasteiger partial charge in [-0.1, -0.05) is 26.7 Å². The van der Waals surface area contributed by atoms with Crippen molar-refractivity contribution < 1.29 is 14.7 Å². The summed E-state index contributed by atoms with van der Waals surface area (Å²) in [7, 11) is 0. The normalized spacial score (nSPS) is 31.8. The minimum Gasteiger partial charge on any atom is -0.481 e. The maximum Gasteiger partial charge on any atom is 0.308 e. The van der Waals surface area contributed by atoms with Crippen LogP contribution in [0.25, 0.3) is 0 Å². The number of likely N-dealkylation sites (tertiary alicyclic amines) is 1. The molecule has 4 heteroatoms. The van der Waals surface area contributed by atoms with Crippen molar-refractivity contribution in [3.05, 3.63) is 0 Å². The zero-order valence-electron chi connectivity index (χ0n) is 10.6. The smallest absolute Gasteiger partial charge is 0.308 e. The zero-order valence-corrected chi connectivity index (χ0v) is 10.6. The fourth-order valence-corrected chi connectivity index (χ4v) is 3.21. The maximum absolute atomic E-state index is 12.4. The van der Waals surface area contributed by atoms with Gasteiger partial charge in [0.1, 0.15) is 0 Å². The Morgan fingerprint density at radius 2 is 1.82 bits per heavy atom. The molecule has 1 heterocycles. The standard InChI is InChI=1S/C13H21NO3/c1-9-7-14(8-10(9)11(15)16)12(17)13(2)5-3-4-6-13/h9-10H,3-8H2,1-2H3,(H,15,16). The van der Waals surface area contributed by atoms with E-state index in [2.05, 4.69) is 0 Å². The van der Waals surface area contributed by atoms with Gasteiger partial charge in [-0.25, -0.2) is 0 Å². The molecule has 2 unspecified atom stereocenters. The third-order valence-electron chi connectivity index (χ3n) is 4.44. The summed E-state index contributed by atoms with van der Waals surface area (Å²) < 4.78 is 0. The molecule has 1 saturated heterocycles. The van der Waals surface area contributed by atoms with Crippen LogP contribution in [-0.2, 0) is 9.59 Å². The van der Waals surface area contributed by atoms with Gasteiger partial charge in [0.15, 0.2) is 0 Å². The molecule has 2 rings (SSSR count). The molecule has 1 aliphatic heterocycles. The van der Waals surface area contributed by atoms with E-state index in [1.165, 1.54) is 0 Å². The predicted octanol–water partition coefficient (Wildman–Crippen LogP) is 1.75. The molecule has 1 saturated carbocycles. The Labute approximate surface area is 102 Å². The van der Waals surface area contributed by atoms with E-state index in [1.807, 2.05) is 13.8 Å². The highest BCUT2D eigenvalue weighted by atomic mass is 16.4. The summed E-state index contributed by atoms with van der Waals surface area (Å²) in [6.07, 6.45) is 4.14. The Morgan fingerprint density at radius 3 is 2.29 bits per heavy atom. The molecule has 2 aliphatic rings. The molecule has 0 radical (unpaired) electrons. The number of carbonyl (C=O) groups excluding carboxylic acids is 1. The summed E-state index contributed by atoms with van der Waals surface area (Å²) in [5.41, 5.74) is -0.229. The van der Waals surface area contributed by atoms with Crippen LogP contribution in [0.15, 0.2) is 0 Å². The van der Waals surface area contributed by atoms with Crippen molar-refractivity contribution >= 4 is 11.9 Å². The number of carboxylic acids is 1. The number of amides is 1. The van der Waals surface area contributed by atoms with Crippen molar-refractivity contribution in [2.75, 3.05) is 13.1 Å². The Hall–Kier alpha value is -1.06. The number of nitrogens with zero attached hydrogens (tertiary/aromatic N) is 1. The topological polar surface area (TPSA) is 57.6 Å². The monoisotopic (exact) mass is 239 g/mol. The average molecular weight is 239 g/mol. The lowest BCUT2D eigenvalue weighted by atomic mass is 9.87. The molecule has 17 heavy (non-hydrogen) atoms. The SMILES string of the molecule is CC1CN(C(=O)C2(C)CCCC2)CC1C(=O)O. The molecule has 2 fully saturated rings. The number of hydrogen-bond donors (Lipinski definition) is 1. The maximum atomic E-state index is 12.4. The Morgan fingerprint density at radius 1 is 1.24 bits per heavy atom. The van der Waals surface area contributed by atoms with Crippen molar-refractivity contribution in [3.63, 3.8) is 0 Å². The van der Waals surface area contributed by atoms with E-state index in [1.54, 1.807) is 4.90 Å². The molecular weight excluding hydrogens is 218 g/mol. The van der Waals surface area contributed by atoms with Gasteiger partial charge in [0.25, 0.3) is 0 Å². The lowest BCUT2D eigenvalue weighted by Gasteiger charge is -2.28. The van der Waals surface area contributed by atoms with Crippen LogP contribution >= 0.6 is 0 Å². The summed E-state index contributed by atoms with van der Waals surface area (Å²) in [4.78, 5) is 25.2. The number of hydrogen-bond acceptors (Lipinski definition) is 2. The van der Waals surface area contributed by atoms with Crippen LogP contribution < -0.4 is 0 Å². The second kappa shape index (κ2) is 4.31. The summed E-state index contributed by atoms with van der Waals surface area (Å²) in [6.45, 7) is 4.94. The fourth-order valence-electron chi connectivity index (χ4n) is 3.21. The molecule has 1 aliphatic carbocycles. The number of carboxylic acid groups (broad SMARTS) is 1. The van der Waals surface area contributed by atoms with E-state index < -0.39 is 5.97 Å². The first-order valence-electron chi connectivity index (χ1n) is 6.46. The average Bonchev–Trinajstić information content (AvgIpc) is 2.84. The highest BCUT2D eigenvalue weighted by molar-refractivity contribution is 5.84. The Bertz CT molecular complexity index is 334. The van der Waals surface area contributed by atoms with Gasteiger partial charge in [-0.05, 0) is 18.8 Å². The largest absolute Gasteiger partial charge is 0.481 e. The highest BCUT2D eigenvalue weighted by Gasteiger charge is 2.44. The Balaban J connectivity index is 2.05. The second-order valence-electron chi connectivity index (χ2n) is 5.90. The van der Waals surface area contributed by atoms with Crippen LogP contribution in [0, 0.1) is 17.3 Å². The van der Waals surface area contributed by atoms with Gasteiger partial charge in [0.2, 0.25) is 5.91 Å². The minimum absolute atomic E-state index is 0.0708. The summed E-state index contributed by atoms with van der Waals surface area (Å²) in [6, 6.07) is 0. The number of carbonyl (C=O) groups is 2. The molecule has 1 amide bonds.